The Balaban J connectivity index is 1.34. The zero-order chi connectivity index (χ0) is 23.3. The smallest absolute Gasteiger partial charge is 0.254 e. The molecule has 172 valence electrons. The van der Waals surface area contributed by atoms with Crippen molar-refractivity contribution in [2.24, 2.45) is 0 Å². The summed E-state index contributed by atoms with van der Waals surface area (Å²) in [6.45, 7) is 0.654. The Hall–Kier alpha value is -3.80. The minimum atomic E-state index is -0.279. The fourth-order valence-corrected chi connectivity index (χ4v) is 4.52. The van der Waals surface area contributed by atoms with E-state index in [2.05, 4.69) is 22.1 Å². The lowest BCUT2D eigenvalue weighted by atomic mass is 10.0. The van der Waals surface area contributed by atoms with E-state index >= 15 is 0 Å². The highest BCUT2D eigenvalue weighted by Gasteiger charge is 2.32. The molecule has 4 aromatic rings. The van der Waals surface area contributed by atoms with Crippen LogP contribution in [0.3, 0.4) is 0 Å². The number of aromatic nitrogens is 2. The van der Waals surface area contributed by atoms with Gasteiger partial charge in [-0.05, 0) is 54.7 Å². The van der Waals surface area contributed by atoms with Gasteiger partial charge in [-0.3, -0.25) is 9.78 Å². The van der Waals surface area contributed by atoms with Crippen molar-refractivity contribution in [3.8, 4) is 0 Å². The number of hydrogen-bond acceptors (Lipinski definition) is 4. The Bertz CT molecular complexity index is 1270. The SMILES string of the molecule is O=C(c1ccnc(Cc2cccc(F)c2)c1)N1CCCC[C@H]1c1ncc(Cc2ccccc2)o1. The summed E-state index contributed by atoms with van der Waals surface area (Å²) in [6, 6.07) is 19.9. The second kappa shape index (κ2) is 10.00. The third-order valence-corrected chi connectivity index (χ3v) is 6.18. The summed E-state index contributed by atoms with van der Waals surface area (Å²) in [4.78, 5) is 24.3. The van der Waals surface area contributed by atoms with E-state index in [-0.39, 0.29) is 17.8 Å². The van der Waals surface area contributed by atoms with Gasteiger partial charge in [-0.25, -0.2) is 9.37 Å². The molecule has 0 bridgehead atoms. The molecule has 1 fully saturated rings. The van der Waals surface area contributed by atoms with Gasteiger partial charge < -0.3 is 9.32 Å². The number of pyridine rings is 1. The molecule has 0 aliphatic carbocycles. The van der Waals surface area contributed by atoms with Crippen molar-refractivity contribution in [1.82, 2.24) is 14.9 Å². The lowest BCUT2D eigenvalue weighted by Crippen LogP contribution is -2.38. The van der Waals surface area contributed by atoms with Crippen molar-refractivity contribution in [3.63, 3.8) is 0 Å². The lowest BCUT2D eigenvalue weighted by molar-refractivity contribution is 0.0570. The maximum absolute atomic E-state index is 13.6. The van der Waals surface area contributed by atoms with Crippen molar-refractivity contribution >= 4 is 5.91 Å². The van der Waals surface area contributed by atoms with Crippen molar-refractivity contribution in [3.05, 3.63) is 119 Å². The third kappa shape index (κ3) is 5.06. The van der Waals surface area contributed by atoms with Crippen molar-refractivity contribution in [2.75, 3.05) is 6.54 Å². The number of hydrogen-bond donors (Lipinski definition) is 0. The first-order chi connectivity index (χ1) is 16.7. The number of oxazole rings is 1. The first kappa shape index (κ1) is 22.0. The number of carbonyl (C=O) groups is 1. The van der Waals surface area contributed by atoms with Crippen molar-refractivity contribution in [2.45, 2.75) is 38.1 Å². The van der Waals surface area contributed by atoms with Gasteiger partial charge in [-0.1, -0.05) is 42.5 Å². The van der Waals surface area contributed by atoms with Crippen LogP contribution < -0.4 is 0 Å². The molecule has 0 unspecified atom stereocenters. The number of halogens is 1. The summed E-state index contributed by atoms with van der Waals surface area (Å²) < 4.78 is 19.7. The zero-order valence-electron chi connectivity index (χ0n) is 18.9. The predicted octanol–water partition coefficient (Wildman–Crippen LogP) is 5.76. The molecule has 3 heterocycles. The molecule has 1 atom stereocenters. The van der Waals surface area contributed by atoms with E-state index in [1.165, 1.54) is 12.1 Å². The van der Waals surface area contributed by atoms with Crippen molar-refractivity contribution in [1.29, 1.82) is 0 Å². The number of amides is 1. The van der Waals surface area contributed by atoms with Crippen LogP contribution in [0.2, 0.25) is 0 Å². The van der Waals surface area contributed by atoms with Gasteiger partial charge >= 0.3 is 0 Å². The normalized spacial score (nSPS) is 15.9. The molecule has 1 amide bonds. The Morgan fingerprint density at radius 1 is 0.971 bits per heavy atom. The van der Waals surface area contributed by atoms with Gasteiger partial charge in [0.1, 0.15) is 17.6 Å². The average molecular weight is 456 g/mol. The Morgan fingerprint density at radius 3 is 2.68 bits per heavy atom. The first-order valence-corrected chi connectivity index (χ1v) is 11.6. The van der Waals surface area contributed by atoms with Gasteiger partial charge in [0.05, 0.1) is 6.20 Å². The number of piperidine rings is 1. The van der Waals surface area contributed by atoms with E-state index in [1.54, 1.807) is 30.6 Å². The molecule has 34 heavy (non-hydrogen) atoms. The van der Waals surface area contributed by atoms with Gasteiger partial charge in [0.2, 0.25) is 5.89 Å². The molecule has 0 saturated carbocycles. The predicted molar refractivity (Wildman–Crippen MR) is 127 cm³/mol. The molecule has 1 aliphatic heterocycles. The minimum Gasteiger partial charge on any atom is -0.443 e. The van der Waals surface area contributed by atoms with Gasteiger partial charge in [0.15, 0.2) is 0 Å². The van der Waals surface area contributed by atoms with Crippen LogP contribution in [0.15, 0.2) is 83.5 Å². The van der Waals surface area contributed by atoms with Crippen LogP contribution >= 0.6 is 0 Å². The molecule has 2 aromatic carbocycles. The lowest BCUT2D eigenvalue weighted by Gasteiger charge is -2.34. The minimum absolute atomic E-state index is 0.0598. The monoisotopic (exact) mass is 455 g/mol. The highest BCUT2D eigenvalue weighted by Crippen LogP contribution is 2.32. The molecule has 1 aliphatic rings. The van der Waals surface area contributed by atoms with Crippen LogP contribution in [-0.2, 0) is 12.8 Å². The number of carbonyl (C=O) groups excluding carboxylic acids is 1. The van der Waals surface area contributed by atoms with E-state index < -0.39 is 0 Å². The Morgan fingerprint density at radius 2 is 1.82 bits per heavy atom. The molecular weight excluding hydrogens is 429 g/mol. The molecular formula is C28H26FN3O2. The number of nitrogens with zero attached hydrogens (tertiary/aromatic N) is 3. The maximum Gasteiger partial charge on any atom is 0.254 e. The van der Waals surface area contributed by atoms with Crippen LogP contribution in [0.5, 0.6) is 0 Å². The summed E-state index contributed by atoms with van der Waals surface area (Å²) in [5, 5.41) is 0. The summed E-state index contributed by atoms with van der Waals surface area (Å²) >= 11 is 0. The maximum atomic E-state index is 13.6. The number of rotatable bonds is 6. The second-order valence-electron chi connectivity index (χ2n) is 8.68. The highest BCUT2D eigenvalue weighted by molar-refractivity contribution is 5.94. The molecule has 0 spiro atoms. The fourth-order valence-electron chi connectivity index (χ4n) is 4.52. The third-order valence-electron chi connectivity index (χ3n) is 6.18. The van der Waals surface area contributed by atoms with E-state index in [1.807, 2.05) is 29.2 Å². The highest BCUT2D eigenvalue weighted by atomic mass is 19.1. The molecule has 0 radical (unpaired) electrons. The van der Waals surface area contributed by atoms with Crippen LogP contribution in [0, 0.1) is 5.82 Å². The van der Waals surface area contributed by atoms with Gasteiger partial charge in [0, 0.05) is 36.8 Å². The Labute approximate surface area is 198 Å². The van der Waals surface area contributed by atoms with Gasteiger partial charge in [-0.15, -0.1) is 0 Å². The van der Waals surface area contributed by atoms with E-state index in [4.69, 9.17) is 4.42 Å². The van der Waals surface area contributed by atoms with Gasteiger partial charge in [-0.2, -0.15) is 0 Å². The van der Waals surface area contributed by atoms with Crippen LogP contribution in [0.1, 0.15) is 64.1 Å². The molecule has 2 aromatic heterocycles. The first-order valence-electron chi connectivity index (χ1n) is 11.6. The molecule has 1 saturated heterocycles. The Kier molecular flexibility index (Phi) is 6.47. The second-order valence-corrected chi connectivity index (χ2v) is 8.68. The quantitative estimate of drug-likeness (QED) is 0.371. The molecule has 5 rings (SSSR count). The average Bonchev–Trinajstić information content (AvgIpc) is 3.33. The molecule has 0 N–H and O–H groups in total. The summed E-state index contributed by atoms with van der Waals surface area (Å²) in [5.41, 5.74) is 3.28. The molecule has 6 heteroatoms. The van der Waals surface area contributed by atoms with Crippen LogP contribution in [0.4, 0.5) is 4.39 Å². The topological polar surface area (TPSA) is 59.2 Å². The zero-order valence-corrected chi connectivity index (χ0v) is 18.9. The van der Waals surface area contributed by atoms with Crippen molar-refractivity contribution < 1.29 is 13.6 Å². The van der Waals surface area contributed by atoms with E-state index in [0.29, 0.717) is 30.8 Å². The summed E-state index contributed by atoms with van der Waals surface area (Å²) in [5.74, 6) is 1.04. The number of likely N-dealkylation sites (tertiary alicyclic amines) is 1. The van der Waals surface area contributed by atoms with Crippen LogP contribution in [-0.4, -0.2) is 27.3 Å². The van der Waals surface area contributed by atoms with E-state index in [0.717, 1.165) is 41.8 Å². The summed E-state index contributed by atoms with van der Waals surface area (Å²) in [7, 11) is 0. The number of benzene rings is 2. The largest absolute Gasteiger partial charge is 0.443 e. The molecule has 5 nitrogen and oxygen atoms in total. The van der Waals surface area contributed by atoms with Crippen LogP contribution in [0.25, 0.3) is 0 Å². The van der Waals surface area contributed by atoms with E-state index in [9.17, 15) is 9.18 Å². The van der Waals surface area contributed by atoms with Gasteiger partial charge in [0.25, 0.3) is 5.91 Å². The standard InChI is InChI=1S/C28H26FN3O2/c29-23-10-6-9-21(15-23)16-24-18-22(12-13-30-24)28(33)32-14-5-4-11-26(32)27-31-19-25(34-27)17-20-7-2-1-3-8-20/h1-3,6-10,12-13,15,18-19,26H,4-5,11,14,16-17H2/t26-/m0/s1. The fraction of sp³-hybridized carbons (Fsp3) is 0.250. The summed E-state index contributed by atoms with van der Waals surface area (Å²) in [6.07, 6.45) is 7.32.